The number of allylic oxidation sites excluding steroid dienone is 2. The smallest absolute Gasteiger partial charge is 0.147 e. The summed E-state index contributed by atoms with van der Waals surface area (Å²) >= 11 is 5.92. The third-order valence-electron chi connectivity index (χ3n) is 2.55. The molecule has 0 N–H and O–H groups in total. The Bertz CT molecular complexity index is 235. The summed E-state index contributed by atoms with van der Waals surface area (Å²) in [5.41, 5.74) is 0.830. The van der Waals surface area contributed by atoms with E-state index in [-0.39, 0.29) is 5.41 Å². The van der Waals surface area contributed by atoms with Crippen molar-refractivity contribution < 1.29 is 9.53 Å². The zero-order valence-corrected chi connectivity index (χ0v) is 8.86. The molecular weight excluding hydrogens is 188 g/mol. The van der Waals surface area contributed by atoms with Crippen molar-refractivity contribution in [3.8, 4) is 0 Å². The van der Waals surface area contributed by atoms with Gasteiger partial charge in [-0.2, -0.15) is 0 Å². The summed E-state index contributed by atoms with van der Waals surface area (Å²) in [4.78, 5) is 10.7. The molecule has 0 spiro atoms. The number of ether oxygens (including phenoxy) is 1. The second-order valence-corrected chi connectivity index (χ2v) is 4.42. The maximum Gasteiger partial charge on any atom is 0.147 e. The molecule has 0 fully saturated rings. The Morgan fingerprint density at radius 3 is 2.92 bits per heavy atom. The van der Waals surface area contributed by atoms with Gasteiger partial charge in [-0.15, -0.1) is 0 Å². The first-order valence-corrected chi connectivity index (χ1v) is 4.81. The highest BCUT2D eigenvalue weighted by Gasteiger charge is 2.30. The monoisotopic (exact) mass is 202 g/mol. The van der Waals surface area contributed by atoms with Crippen molar-refractivity contribution in [3.05, 3.63) is 10.6 Å². The highest BCUT2D eigenvalue weighted by Crippen LogP contribution is 2.39. The summed E-state index contributed by atoms with van der Waals surface area (Å²) in [6, 6.07) is 0. The molecule has 0 saturated carbocycles. The minimum absolute atomic E-state index is 0.0867. The van der Waals surface area contributed by atoms with E-state index in [1.165, 1.54) is 0 Å². The molecule has 0 aromatic rings. The molecule has 74 valence electrons. The van der Waals surface area contributed by atoms with E-state index in [9.17, 15) is 4.79 Å². The van der Waals surface area contributed by atoms with Gasteiger partial charge in [-0.3, -0.25) is 4.79 Å². The Kier molecular flexibility index (Phi) is 3.51. The average Bonchev–Trinajstić information content (AvgIpc) is 2.10. The third kappa shape index (κ3) is 2.55. The van der Waals surface area contributed by atoms with Crippen molar-refractivity contribution in [2.24, 2.45) is 5.41 Å². The molecule has 0 aromatic carbocycles. The molecule has 0 aromatic heterocycles. The van der Waals surface area contributed by atoms with E-state index in [2.05, 4.69) is 6.92 Å². The van der Waals surface area contributed by atoms with Gasteiger partial charge in [-0.25, -0.2) is 0 Å². The Morgan fingerprint density at radius 1 is 1.69 bits per heavy atom. The van der Waals surface area contributed by atoms with Crippen molar-refractivity contribution in [1.82, 2.24) is 0 Å². The number of methoxy groups -OCH3 is 1. The molecule has 0 saturated heterocycles. The molecule has 2 nitrogen and oxygen atoms in total. The molecular formula is C10H15ClO2. The van der Waals surface area contributed by atoms with Crippen molar-refractivity contribution >= 4 is 17.9 Å². The minimum atomic E-state index is 0.0867. The van der Waals surface area contributed by atoms with Crippen LogP contribution in [0.15, 0.2) is 10.6 Å². The van der Waals surface area contributed by atoms with Gasteiger partial charge in [0.25, 0.3) is 0 Å². The first kappa shape index (κ1) is 10.7. The summed E-state index contributed by atoms with van der Waals surface area (Å²) in [7, 11) is 1.69. The SMILES string of the molecule is COC[C@]1(C)CCC(Cl)=C(C=O)C1. The number of carbonyl (C=O) groups excluding carboxylic acids is 1. The van der Waals surface area contributed by atoms with Gasteiger partial charge in [0.1, 0.15) is 6.29 Å². The second-order valence-electron chi connectivity index (χ2n) is 3.97. The quantitative estimate of drug-likeness (QED) is 0.658. The number of aldehydes is 1. The number of hydrogen-bond donors (Lipinski definition) is 0. The van der Waals surface area contributed by atoms with Gasteiger partial charge in [0.05, 0.1) is 6.61 Å². The van der Waals surface area contributed by atoms with Crippen LogP contribution >= 0.6 is 11.6 Å². The van der Waals surface area contributed by atoms with Crippen LogP contribution in [-0.2, 0) is 9.53 Å². The van der Waals surface area contributed by atoms with E-state index in [4.69, 9.17) is 16.3 Å². The highest BCUT2D eigenvalue weighted by molar-refractivity contribution is 6.31. The number of carbonyl (C=O) groups is 1. The molecule has 1 aliphatic rings. The minimum Gasteiger partial charge on any atom is -0.384 e. The first-order valence-electron chi connectivity index (χ1n) is 4.43. The molecule has 1 atom stereocenters. The van der Waals surface area contributed by atoms with Crippen molar-refractivity contribution in [2.75, 3.05) is 13.7 Å². The van der Waals surface area contributed by atoms with Gasteiger partial charge >= 0.3 is 0 Å². The average molecular weight is 203 g/mol. The Labute approximate surface area is 83.9 Å². The zero-order chi connectivity index (χ0) is 9.90. The van der Waals surface area contributed by atoms with Gasteiger partial charge < -0.3 is 4.74 Å². The summed E-state index contributed by atoms with van der Waals surface area (Å²) in [5.74, 6) is 0. The van der Waals surface area contributed by atoms with Crippen LogP contribution in [0.4, 0.5) is 0 Å². The fraction of sp³-hybridized carbons (Fsp3) is 0.700. The fourth-order valence-electron chi connectivity index (χ4n) is 1.79. The van der Waals surface area contributed by atoms with Crippen LogP contribution in [0.5, 0.6) is 0 Å². The van der Waals surface area contributed by atoms with Crippen molar-refractivity contribution in [1.29, 1.82) is 0 Å². The largest absolute Gasteiger partial charge is 0.384 e. The normalized spacial score (nSPS) is 29.2. The van der Waals surface area contributed by atoms with Crippen LogP contribution in [0.3, 0.4) is 0 Å². The van der Waals surface area contributed by atoms with Crippen LogP contribution in [-0.4, -0.2) is 20.0 Å². The van der Waals surface area contributed by atoms with Crippen molar-refractivity contribution in [3.63, 3.8) is 0 Å². The molecule has 3 heteroatoms. The molecule has 0 bridgehead atoms. The predicted molar refractivity (Wildman–Crippen MR) is 52.8 cm³/mol. The molecule has 0 aliphatic heterocycles. The van der Waals surface area contributed by atoms with Crippen LogP contribution in [0.2, 0.25) is 0 Å². The lowest BCUT2D eigenvalue weighted by molar-refractivity contribution is -0.105. The van der Waals surface area contributed by atoms with Crippen LogP contribution in [0, 0.1) is 5.41 Å². The lowest BCUT2D eigenvalue weighted by Crippen LogP contribution is -2.26. The third-order valence-corrected chi connectivity index (χ3v) is 2.98. The van der Waals surface area contributed by atoms with E-state index in [0.717, 1.165) is 36.2 Å². The second kappa shape index (κ2) is 4.25. The van der Waals surface area contributed by atoms with E-state index in [0.29, 0.717) is 6.61 Å². The molecule has 0 radical (unpaired) electrons. The van der Waals surface area contributed by atoms with E-state index >= 15 is 0 Å². The summed E-state index contributed by atoms with van der Waals surface area (Å²) in [6.45, 7) is 2.82. The lowest BCUT2D eigenvalue weighted by atomic mass is 9.76. The predicted octanol–water partition coefficient (Wildman–Crippen LogP) is 2.51. The van der Waals surface area contributed by atoms with Crippen LogP contribution in [0.1, 0.15) is 26.2 Å². The summed E-state index contributed by atoms with van der Waals surface area (Å²) < 4.78 is 5.13. The molecule has 0 unspecified atom stereocenters. The number of halogens is 1. The van der Waals surface area contributed by atoms with Crippen LogP contribution < -0.4 is 0 Å². The Hall–Kier alpha value is -0.340. The number of hydrogen-bond acceptors (Lipinski definition) is 2. The van der Waals surface area contributed by atoms with Crippen molar-refractivity contribution in [2.45, 2.75) is 26.2 Å². The van der Waals surface area contributed by atoms with Gasteiger partial charge in [0, 0.05) is 17.7 Å². The van der Waals surface area contributed by atoms with Crippen LogP contribution in [0.25, 0.3) is 0 Å². The fourth-order valence-corrected chi connectivity index (χ4v) is 2.00. The number of rotatable bonds is 3. The van der Waals surface area contributed by atoms with E-state index < -0.39 is 0 Å². The Morgan fingerprint density at radius 2 is 2.38 bits per heavy atom. The maximum atomic E-state index is 10.7. The van der Waals surface area contributed by atoms with Gasteiger partial charge in [0.2, 0.25) is 0 Å². The molecule has 0 amide bonds. The van der Waals surface area contributed by atoms with Gasteiger partial charge in [-0.1, -0.05) is 18.5 Å². The topological polar surface area (TPSA) is 26.3 Å². The van der Waals surface area contributed by atoms with Gasteiger partial charge in [-0.05, 0) is 24.7 Å². The standard InChI is InChI=1S/C10H15ClO2/c1-10(7-13-2)4-3-9(11)8(5-10)6-12/h6H,3-5,7H2,1-2H3/t10-/m1/s1. The molecule has 1 rings (SSSR count). The Balaban J connectivity index is 2.73. The zero-order valence-electron chi connectivity index (χ0n) is 8.10. The van der Waals surface area contributed by atoms with E-state index in [1.54, 1.807) is 7.11 Å². The molecule has 0 heterocycles. The maximum absolute atomic E-state index is 10.7. The van der Waals surface area contributed by atoms with Gasteiger partial charge in [0.15, 0.2) is 0 Å². The van der Waals surface area contributed by atoms with E-state index in [1.807, 2.05) is 0 Å². The lowest BCUT2D eigenvalue weighted by Gasteiger charge is -2.32. The molecule has 1 aliphatic carbocycles. The molecule has 13 heavy (non-hydrogen) atoms. The highest BCUT2D eigenvalue weighted by atomic mass is 35.5. The summed E-state index contributed by atoms with van der Waals surface area (Å²) in [6.07, 6.45) is 3.41. The summed E-state index contributed by atoms with van der Waals surface area (Å²) in [5, 5.41) is 0.726. The first-order chi connectivity index (χ1) is 6.11.